The van der Waals surface area contributed by atoms with Crippen molar-refractivity contribution in [2.24, 2.45) is 0 Å². The Kier molecular flexibility index (Phi) is 4.20. The van der Waals surface area contributed by atoms with E-state index in [-0.39, 0.29) is 17.6 Å². The van der Waals surface area contributed by atoms with Gasteiger partial charge in [0, 0.05) is 18.7 Å². The molecule has 4 rings (SSSR count). The van der Waals surface area contributed by atoms with E-state index in [1.54, 1.807) is 18.1 Å². The number of carbonyl (C=O) groups is 1. The molecule has 1 aliphatic heterocycles. The van der Waals surface area contributed by atoms with Gasteiger partial charge in [0.15, 0.2) is 11.5 Å². The topological polar surface area (TPSA) is 81.6 Å². The lowest BCUT2D eigenvalue weighted by molar-refractivity contribution is 0.0720. The lowest BCUT2D eigenvalue weighted by Crippen LogP contribution is -2.30. The predicted octanol–water partition coefficient (Wildman–Crippen LogP) is 3.62. The first-order chi connectivity index (χ1) is 12.7. The van der Waals surface area contributed by atoms with Gasteiger partial charge in [-0.1, -0.05) is 22.4 Å². The zero-order valence-corrected chi connectivity index (χ0v) is 14.6. The minimum atomic E-state index is -0.168. The van der Waals surface area contributed by atoms with Gasteiger partial charge in [-0.2, -0.15) is 0 Å². The minimum absolute atomic E-state index is 0.0913. The molecule has 3 aromatic rings. The number of aryl methyl sites for hydroxylation is 1. The highest BCUT2D eigenvalue weighted by atomic mass is 16.5. The number of hydrogen-bond donors (Lipinski definition) is 0. The molecule has 0 bridgehead atoms. The maximum Gasteiger partial charge on any atom is 0.276 e. The predicted molar refractivity (Wildman–Crippen MR) is 92.7 cm³/mol. The maximum absolute atomic E-state index is 13.0. The van der Waals surface area contributed by atoms with Gasteiger partial charge in [-0.15, -0.1) is 0 Å². The van der Waals surface area contributed by atoms with Crippen molar-refractivity contribution in [3.05, 3.63) is 53.5 Å². The number of likely N-dealkylation sites (tertiary alicyclic amines) is 1. The van der Waals surface area contributed by atoms with Crippen LogP contribution in [0, 0.1) is 6.92 Å². The molecule has 134 valence electrons. The van der Waals surface area contributed by atoms with E-state index in [2.05, 4.69) is 10.3 Å². The van der Waals surface area contributed by atoms with Crippen LogP contribution < -0.4 is 4.74 Å². The fourth-order valence-corrected chi connectivity index (χ4v) is 3.36. The fourth-order valence-electron chi connectivity index (χ4n) is 3.36. The molecule has 7 nitrogen and oxygen atoms in total. The highest BCUT2D eigenvalue weighted by molar-refractivity contribution is 5.93. The molecule has 0 N–H and O–H groups in total. The molecule has 1 amide bonds. The first kappa shape index (κ1) is 16.4. The van der Waals surface area contributed by atoms with E-state index >= 15 is 0 Å². The Hall–Kier alpha value is -3.09. The first-order valence-corrected chi connectivity index (χ1v) is 8.51. The smallest absolute Gasteiger partial charge is 0.276 e. The minimum Gasteiger partial charge on any atom is -0.496 e. The van der Waals surface area contributed by atoms with E-state index in [4.69, 9.17) is 13.8 Å². The summed E-state index contributed by atoms with van der Waals surface area (Å²) >= 11 is 0. The molecule has 0 radical (unpaired) electrons. The number of benzene rings is 1. The second-order valence-corrected chi connectivity index (χ2v) is 6.30. The summed E-state index contributed by atoms with van der Waals surface area (Å²) in [5.74, 6) is 1.73. The van der Waals surface area contributed by atoms with Crippen molar-refractivity contribution in [1.29, 1.82) is 0 Å². The number of aromatic nitrogens is 2. The summed E-state index contributed by atoms with van der Waals surface area (Å²) in [4.78, 5) is 14.7. The van der Waals surface area contributed by atoms with Crippen LogP contribution in [0.15, 0.2) is 45.4 Å². The summed E-state index contributed by atoms with van der Waals surface area (Å²) in [5.41, 5.74) is 1.81. The van der Waals surface area contributed by atoms with Crippen molar-refractivity contribution >= 4 is 5.91 Å². The van der Waals surface area contributed by atoms with Crippen LogP contribution in [-0.4, -0.2) is 34.8 Å². The van der Waals surface area contributed by atoms with Gasteiger partial charge in [-0.05, 0) is 31.9 Å². The molecule has 1 atom stereocenters. The third kappa shape index (κ3) is 2.85. The summed E-state index contributed by atoms with van der Waals surface area (Å²) in [6, 6.07) is 10.9. The van der Waals surface area contributed by atoms with Crippen molar-refractivity contribution in [2.45, 2.75) is 25.8 Å². The lowest BCUT2D eigenvalue weighted by atomic mass is 10.1. The molecule has 7 heteroatoms. The largest absolute Gasteiger partial charge is 0.496 e. The SMILES string of the molecule is COc1ccccc1-c1cc(C(=O)N2CCC[C@@H]2c2cc(C)on2)no1. The molecule has 0 aliphatic carbocycles. The molecule has 2 aromatic heterocycles. The van der Waals surface area contributed by atoms with Crippen LogP contribution in [0.1, 0.15) is 40.8 Å². The van der Waals surface area contributed by atoms with Crippen molar-refractivity contribution in [1.82, 2.24) is 15.2 Å². The van der Waals surface area contributed by atoms with E-state index < -0.39 is 0 Å². The van der Waals surface area contributed by atoms with Gasteiger partial charge in [-0.3, -0.25) is 4.79 Å². The summed E-state index contributed by atoms with van der Waals surface area (Å²) in [6.45, 7) is 2.50. The third-order valence-electron chi connectivity index (χ3n) is 4.60. The van der Waals surface area contributed by atoms with E-state index in [0.717, 1.165) is 29.9 Å². The monoisotopic (exact) mass is 353 g/mol. The second kappa shape index (κ2) is 6.67. The Labute approximate surface area is 150 Å². The zero-order chi connectivity index (χ0) is 18.1. The van der Waals surface area contributed by atoms with Gasteiger partial charge >= 0.3 is 0 Å². The Morgan fingerprint density at radius 2 is 2.08 bits per heavy atom. The molecule has 1 fully saturated rings. The summed E-state index contributed by atoms with van der Waals surface area (Å²) in [6.07, 6.45) is 1.77. The number of amides is 1. The molecule has 3 heterocycles. The van der Waals surface area contributed by atoms with Gasteiger partial charge in [0.2, 0.25) is 0 Å². The number of hydrogen-bond acceptors (Lipinski definition) is 6. The van der Waals surface area contributed by atoms with Gasteiger partial charge in [0.1, 0.15) is 17.2 Å². The van der Waals surface area contributed by atoms with Crippen molar-refractivity contribution < 1.29 is 18.6 Å². The summed E-state index contributed by atoms with van der Waals surface area (Å²) in [5, 5.41) is 8.05. The highest BCUT2D eigenvalue weighted by Gasteiger charge is 2.34. The number of para-hydroxylation sites is 1. The lowest BCUT2D eigenvalue weighted by Gasteiger charge is -2.21. The number of rotatable bonds is 4. The molecule has 0 unspecified atom stereocenters. The number of nitrogens with zero attached hydrogens (tertiary/aromatic N) is 3. The molecule has 1 saturated heterocycles. The Morgan fingerprint density at radius 1 is 1.23 bits per heavy atom. The Morgan fingerprint density at radius 3 is 2.85 bits per heavy atom. The summed E-state index contributed by atoms with van der Waals surface area (Å²) < 4.78 is 15.9. The standard InChI is InChI=1S/C19H19N3O4/c1-12-10-14(20-25-12)16-7-5-9-22(16)19(23)15-11-18(26-21-15)13-6-3-4-8-17(13)24-2/h3-4,6,8,10-11,16H,5,7,9H2,1-2H3/t16-/m1/s1. The Balaban J connectivity index is 1.60. The zero-order valence-electron chi connectivity index (χ0n) is 14.6. The van der Waals surface area contributed by atoms with Crippen LogP contribution in [0.4, 0.5) is 0 Å². The normalized spacial score (nSPS) is 16.8. The first-order valence-electron chi connectivity index (χ1n) is 8.51. The highest BCUT2D eigenvalue weighted by Crippen LogP contribution is 2.34. The van der Waals surface area contributed by atoms with Crippen LogP contribution in [0.2, 0.25) is 0 Å². The van der Waals surface area contributed by atoms with Gasteiger partial charge in [0.25, 0.3) is 5.91 Å². The molecule has 1 aromatic carbocycles. The van der Waals surface area contributed by atoms with Crippen LogP contribution in [-0.2, 0) is 0 Å². The van der Waals surface area contributed by atoms with Crippen LogP contribution >= 0.6 is 0 Å². The number of ether oxygens (including phenoxy) is 1. The van der Waals surface area contributed by atoms with E-state index in [1.165, 1.54) is 0 Å². The number of methoxy groups -OCH3 is 1. The quantitative estimate of drug-likeness (QED) is 0.712. The van der Waals surface area contributed by atoms with E-state index in [9.17, 15) is 4.79 Å². The average molecular weight is 353 g/mol. The summed E-state index contributed by atoms with van der Waals surface area (Å²) in [7, 11) is 1.59. The van der Waals surface area contributed by atoms with Crippen molar-refractivity contribution in [3.63, 3.8) is 0 Å². The van der Waals surface area contributed by atoms with E-state index in [1.807, 2.05) is 37.3 Å². The van der Waals surface area contributed by atoms with E-state index in [0.29, 0.717) is 18.1 Å². The molecular weight excluding hydrogens is 334 g/mol. The second-order valence-electron chi connectivity index (χ2n) is 6.30. The van der Waals surface area contributed by atoms with Crippen molar-refractivity contribution in [3.8, 4) is 17.1 Å². The molecule has 0 spiro atoms. The molecule has 0 saturated carbocycles. The average Bonchev–Trinajstić information content (AvgIpc) is 3.41. The maximum atomic E-state index is 13.0. The number of carbonyl (C=O) groups excluding carboxylic acids is 1. The third-order valence-corrected chi connectivity index (χ3v) is 4.60. The van der Waals surface area contributed by atoms with Gasteiger partial charge < -0.3 is 18.7 Å². The molecular formula is C19H19N3O4. The van der Waals surface area contributed by atoms with Crippen molar-refractivity contribution in [2.75, 3.05) is 13.7 Å². The Bertz CT molecular complexity index is 930. The molecule has 1 aliphatic rings. The van der Waals surface area contributed by atoms with Crippen LogP contribution in [0.5, 0.6) is 5.75 Å². The van der Waals surface area contributed by atoms with Crippen LogP contribution in [0.25, 0.3) is 11.3 Å². The fraction of sp³-hybridized carbons (Fsp3) is 0.316. The van der Waals surface area contributed by atoms with Gasteiger partial charge in [-0.25, -0.2) is 0 Å². The van der Waals surface area contributed by atoms with Gasteiger partial charge in [0.05, 0.1) is 18.7 Å². The molecule has 26 heavy (non-hydrogen) atoms. The van der Waals surface area contributed by atoms with Crippen LogP contribution in [0.3, 0.4) is 0 Å².